The van der Waals surface area contributed by atoms with Crippen LogP contribution in [0, 0.1) is 5.41 Å². The van der Waals surface area contributed by atoms with Crippen LogP contribution in [0.15, 0.2) is 42.6 Å². The van der Waals surface area contributed by atoms with Gasteiger partial charge < -0.3 is 16.0 Å². The second-order valence-corrected chi connectivity index (χ2v) is 8.55. The van der Waals surface area contributed by atoms with Crippen LogP contribution in [0.4, 0.5) is 5.82 Å². The topological polar surface area (TPSA) is 106 Å². The lowest BCUT2D eigenvalue weighted by atomic mass is 9.92. The molecule has 1 aromatic carbocycles. The third kappa shape index (κ3) is 5.14. The van der Waals surface area contributed by atoms with Gasteiger partial charge in [0.2, 0.25) is 11.8 Å². The lowest BCUT2D eigenvalue weighted by molar-refractivity contribution is -0.131. The molecule has 0 unspecified atom stereocenters. The highest BCUT2D eigenvalue weighted by atomic mass is 16.2. The van der Waals surface area contributed by atoms with Gasteiger partial charge in [-0.2, -0.15) is 0 Å². The van der Waals surface area contributed by atoms with Gasteiger partial charge >= 0.3 is 0 Å². The van der Waals surface area contributed by atoms with E-state index in [1.807, 2.05) is 31.3 Å². The molecule has 0 radical (unpaired) electrons. The maximum absolute atomic E-state index is 12.2. The van der Waals surface area contributed by atoms with Crippen LogP contribution in [0.25, 0.3) is 16.9 Å². The fourth-order valence-electron chi connectivity index (χ4n) is 3.03. The number of primary amides is 1. The summed E-state index contributed by atoms with van der Waals surface area (Å²) in [4.78, 5) is 29.6. The van der Waals surface area contributed by atoms with Gasteiger partial charge in [-0.15, -0.1) is 5.10 Å². The monoisotopic (exact) mass is 408 g/mol. The molecule has 0 aliphatic carbocycles. The minimum absolute atomic E-state index is 0.0289. The van der Waals surface area contributed by atoms with Gasteiger partial charge in [-0.3, -0.25) is 9.59 Å². The van der Waals surface area contributed by atoms with E-state index in [0.717, 1.165) is 11.3 Å². The molecule has 158 valence electrons. The molecule has 8 heteroatoms. The molecule has 30 heavy (non-hydrogen) atoms. The second kappa shape index (κ2) is 8.52. The highest BCUT2D eigenvalue weighted by Gasteiger charge is 2.18. The first-order chi connectivity index (χ1) is 14.1. The van der Waals surface area contributed by atoms with Crippen molar-refractivity contribution in [3.8, 4) is 11.3 Å². The van der Waals surface area contributed by atoms with Crippen molar-refractivity contribution in [2.45, 2.75) is 27.2 Å². The van der Waals surface area contributed by atoms with Crippen molar-refractivity contribution in [2.75, 3.05) is 25.5 Å². The van der Waals surface area contributed by atoms with Crippen LogP contribution in [0.1, 0.15) is 37.6 Å². The molecular formula is C22H28N6O2. The van der Waals surface area contributed by atoms with Gasteiger partial charge in [0, 0.05) is 37.7 Å². The van der Waals surface area contributed by atoms with E-state index in [2.05, 4.69) is 36.2 Å². The van der Waals surface area contributed by atoms with E-state index in [0.29, 0.717) is 36.5 Å². The quantitative estimate of drug-likeness (QED) is 0.625. The number of nitrogens with zero attached hydrogens (tertiary/aromatic N) is 4. The van der Waals surface area contributed by atoms with E-state index >= 15 is 0 Å². The second-order valence-electron chi connectivity index (χ2n) is 8.55. The fraction of sp³-hybridized carbons (Fsp3) is 0.364. The van der Waals surface area contributed by atoms with E-state index < -0.39 is 5.91 Å². The van der Waals surface area contributed by atoms with Crippen LogP contribution in [0.5, 0.6) is 0 Å². The first-order valence-electron chi connectivity index (χ1n) is 9.87. The summed E-state index contributed by atoms with van der Waals surface area (Å²) < 4.78 is 1.75. The van der Waals surface area contributed by atoms with Crippen molar-refractivity contribution < 1.29 is 9.59 Å². The molecule has 0 atom stereocenters. The molecule has 0 saturated heterocycles. The van der Waals surface area contributed by atoms with Gasteiger partial charge in [-0.05, 0) is 29.7 Å². The fourth-order valence-corrected chi connectivity index (χ4v) is 3.03. The number of imidazole rings is 1. The number of benzene rings is 1. The Morgan fingerprint density at radius 1 is 1.13 bits per heavy atom. The predicted molar refractivity (Wildman–Crippen MR) is 117 cm³/mol. The Labute approximate surface area is 176 Å². The van der Waals surface area contributed by atoms with Crippen LogP contribution in [0.2, 0.25) is 0 Å². The lowest BCUT2D eigenvalue weighted by Gasteiger charge is -2.23. The van der Waals surface area contributed by atoms with Gasteiger partial charge in [0.15, 0.2) is 5.65 Å². The van der Waals surface area contributed by atoms with Crippen LogP contribution in [-0.4, -0.2) is 51.4 Å². The number of nitrogens with two attached hydrogens (primary N) is 1. The summed E-state index contributed by atoms with van der Waals surface area (Å²) in [6.45, 7) is 7.34. The largest absolute Gasteiger partial charge is 0.367 e. The summed E-state index contributed by atoms with van der Waals surface area (Å²) in [5.74, 6) is 0.353. The number of hydrogen-bond donors (Lipinski definition) is 2. The van der Waals surface area contributed by atoms with Crippen LogP contribution in [0.3, 0.4) is 0 Å². The number of anilines is 1. The third-order valence-corrected chi connectivity index (χ3v) is 4.69. The van der Waals surface area contributed by atoms with Crippen molar-refractivity contribution in [1.29, 1.82) is 0 Å². The van der Waals surface area contributed by atoms with E-state index in [-0.39, 0.29) is 11.3 Å². The molecular weight excluding hydrogens is 380 g/mol. The highest BCUT2D eigenvalue weighted by Crippen LogP contribution is 2.22. The summed E-state index contributed by atoms with van der Waals surface area (Å²) in [7, 11) is 1.82. The van der Waals surface area contributed by atoms with Crippen molar-refractivity contribution in [3.63, 3.8) is 0 Å². The number of amides is 2. The number of rotatable bonds is 7. The molecule has 2 heterocycles. The van der Waals surface area contributed by atoms with Crippen LogP contribution in [-0.2, 0) is 4.79 Å². The molecule has 8 nitrogen and oxygen atoms in total. The first-order valence-corrected chi connectivity index (χ1v) is 9.87. The number of likely N-dealkylation sites (N-methyl/N-ethyl adjacent to an activating group) is 1. The average molecular weight is 409 g/mol. The number of carbonyl (C=O) groups excluding carboxylic acids is 2. The van der Waals surface area contributed by atoms with Crippen LogP contribution >= 0.6 is 0 Å². The minimum atomic E-state index is -0.463. The van der Waals surface area contributed by atoms with E-state index in [4.69, 9.17) is 5.73 Å². The van der Waals surface area contributed by atoms with Crippen molar-refractivity contribution in [3.05, 3.63) is 48.2 Å². The Bertz CT molecular complexity index is 1050. The number of fused-ring (bicyclic) bond motifs is 1. The zero-order chi connectivity index (χ0) is 21.9. The highest BCUT2D eigenvalue weighted by molar-refractivity contribution is 5.93. The lowest BCUT2D eigenvalue weighted by Crippen LogP contribution is -2.33. The Balaban J connectivity index is 1.69. The van der Waals surface area contributed by atoms with Gasteiger partial charge in [-0.25, -0.2) is 9.50 Å². The third-order valence-electron chi connectivity index (χ3n) is 4.69. The molecule has 2 aromatic heterocycles. The molecule has 3 N–H and O–H groups in total. The summed E-state index contributed by atoms with van der Waals surface area (Å²) in [6, 6.07) is 10.7. The Hall–Kier alpha value is -3.42. The van der Waals surface area contributed by atoms with Crippen molar-refractivity contribution in [1.82, 2.24) is 19.5 Å². The summed E-state index contributed by atoms with van der Waals surface area (Å²) >= 11 is 0. The van der Waals surface area contributed by atoms with Gasteiger partial charge in [0.25, 0.3) is 0 Å². The van der Waals surface area contributed by atoms with E-state index in [9.17, 15) is 9.59 Å². The van der Waals surface area contributed by atoms with E-state index in [1.165, 1.54) is 0 Å². The molecule has 0 fully saturated rings. The Morgan fingerprint density at radius 2 is 1.83 bits per heavy atom. The molecule has 0 aliphatic rings. The van der Waals surface area contributed by atoms with Gasteiger partial charge in [0.05, 0.1) is 11.9 Å². The zero-order valence-electron chi connectivity index (χ0n) is 17.8. The molecule has 0 aliphatic heterocycles. The number of nitrogens with one attached hydrogen (secondary N) is 1. The first kappa shape index (κ1) is 21.3. The van der Waals surface area contributed by atoms with Gasteiger partial charge in [0.1, 0.15) is 5.82 Å². The molecule has 2 amide bonds. The maximum atomic E-state index is 12.2. The smallest absolute Gasteiger partial charge is 0.248 e. The van der Waals surface area contributed by atoms with Crippen LogP contribution < -0.4 is 11.1 Å². The Morgan fingerprint density at radius 3 is 2.47 bits per heavy atom. The van der Waals surface area contributed by atoms with Crippen molar-refractivity contribution >= 4 is 23.3 Å². The average Bonchev–Trinajstić information content (AvgIpc) is 3.10. The summed E-state index contributed by atoms with van der Waals surface area (Å²) in [6.07, 6.45) is 2.25. The molecule has 3 rings (SSSR count). The van der Waals surface area contributed by atoms with E-state index in [1.54, 1.807) is 27.7 Å². The maximum Gasteiger partial charge on any atom is 0.248 e. The molecule has 0 saturated carbocycles. The van der Waals surface area contributed by atoms with Gasteiger partial charge in [-0.1, -0.05) is 32.9 Å². The number of carbonyl (C=O) groups is 2. The Kier molecular flexibility index (Phi) is 6.05. The van der Waals surface area contributed by atoms with Crippen molar-refractivity contribution in [2.24, 2.45) is 11.1 Å². The number of aromatic nitrogens is 3. The standard InChI is InChI=1S/C22H28N6O2/c1-22(2,3)13-20(29)27(4)12-11-24-18-9-10-19-25-14-17(28(19)26-18)15-5-7-16(8-6-15)21(23)30/h5-10,14H,11-13H2,1-4H3,(H2,23,30)(H,24,26). The molecule has 0 spiro atoms. The minimum Gasteiger partial charge on any atom is -0.367 e. The number of hydrogen-bond acceptors (Lipinski definition) is 5. The SMILES string of the molecule is CN(CCNc1ccc2ncc(-c3ccc(C(N)=O)cc3)n2n1)C(=O)CC(C)(C)C. The molecule has 3 aromatic rings. The zero-order valence-corrected chi connectivity index (χ0v) is 17.8. The molecule has 0 bridgehead atoms. The normalized spacial score (nSPS) is 11.5. The summed E-state index contributed by atoms with van der Waals surface area (Å²) in [5.41, 5.74) is 8.13. The predicted octanol–water partition coefficient (Wildman–Crippen LogP) is 2.80. The summed E-state index contributed by atoms with van der Waals surface area (Å²) in [5, 5.41) is 7.88.